The molecule has 2 atom stereocenters. The Morgan fingerprint density at radius 3 is 2.56 bits per heavy atom. The first kappa shape index (κ1) is 24.2. The number of hydrogen-bond donors (Lipinski definition) is 3. The molecule has 0 saturated heterocycles. The molecule has 4 aromatic rings. The summed E-state index contributed by atoms with van der Waals surface area (Å²) in [5, 5.41) is 14.9. The summed E-state index contributed by atoms with van der Waals surface area (Å²) in [4.78, 5) is 32.9. The van der Waals surface area contributed by atoms with Crippen molar-refractivity contribution in [2.45, 2.75) is 55.5 Å². The van der Waals surface area contributed by atoms with E-state index in [-0.39, 0.29) is 17.7 Å². The van der Waals surface area contributed by atoms with Gasteiger partial charge >= 0.3 is 0 Å². The predicted octanol–water partition coefficient (Wildman–Crippen LogP) is 4.86. The first-order valence-corrected chi connectivity index (χ1v) is 14.1. The standard InChI is InChI=1S/C31H30N6O4/c1-40-19-8-10-23-21(14-19)31(30(39)34-23)15-22(31)16-3-9-20-26(13-16)35-36-27(20)32-24-11-12-25(33-28(24)41-2)29(38)37(17-4-5-17)18-6-7-18/h3,8-14,17-18,22H,4-7,15H2,1-2H3,(H,34,39)(H2,32,35,36)/t22-,31-/m0/s1. The number of benzene rings is 2. The summed E-state index contributed by atoms with van der Waals surface area (Å²) < 4.78 is 11.0. The van der Waals surface area contributed by atoms with Gasteiger partial charge in [0.15, 0.2) is 5.82 Å². The summed E-state index contributed by atoms with van der Waals surface area (Å²) in [6.07, 6.45) is 5.04. The minimum absolute atomic E-state index is 0.0209. The van der Waals surface area contributed by atoms with E-state index in [2.05, 4.69) is 37.9 Å². The van der Waals surface area contributed by atoms with Crippen LogP contribution in [0.25, 0.3) is 10.9 Å². The highest BCUT2D eigenvalue weighted by molar-refractivity contribution is 6.10. The van der Waals surface area contributed by atoms with Gasteiger partial charge in [0.05, 0.1) is 25.2 Å². The number of methoxy groups -OCH3 is 2. The van der Waals surface area contributed by atoms with E-state index < -0.39 is 5.41 Å². The number of nitrogens with zero attached hydrogens (tertiary/aromatic N) is 3. The van der Waals surface area contributed by atoms with Crippen LogP contribution >= 0.6 is 0 Å². The normalized spacial score (nSPS) is 22.4. The first-order valence-electron chi connectivity index (χ1n) is 14.1. The van der Waals surface area contributed by atoms with Crippen molar-refractivity contribution in [2.75, 3.05) is 24.9 Å². The van der Waals surface area contributed by atoms with Crippen molar-refractivity contribution in [3.05, 3.63) is 65.4 Å². The van der Waals surface area contributed by atoms with Crippen molar-refractivity contribution in [3.8, 4) is 11.6 Å². The summed E-state index contributed by atoms with van der Waals surface area (Å²) >= 11 is 0. The smallest absolute Gasteiger partial charge is 0.273 e. The molecule has 2 amide bonds. The third kappa shape index (κ3) is 3.77. The lowest BCUT2D eigenvalue weighted by atomic mass is 9.91. The number of H-pyrrole nitrogens is 1. The van der Waals surface area contributed by atoms with E-state index >= 15 is 0 Å². The van der Waals surface area contributed by atoms with Gasteiger partial charge in [0.25, 0.3) is 5.91 Å². The number of rotatable bonds is 8. The Morgan fingerprint density at radius 1 is 1.02 bits per heavy atom. The number of carbonyl (C=O) groups is 2. The van der Waals surface area contributed by atoms with Gasteiger partial charge in [0.2, 0.25) is 11.8 Å². The van der Waals surface area contributed by atoms with Crippen molar-refractivity contribution in [1.82, 2.24) is 20.1 Å². The molecule has 4 aliphatic rings. The number of hydrogen-bond acceptors (Lipinski definition) is 7. The number of ether oxygens (including phenoxy) is 2. The van der Waals surface area contributed by atoms with Crippen molar-refractivity contribution in [3.63, 3.8) is 0 Å². The van der Waals surface area contributed by atoms with E-state index in [0.717, 1.165) is 65.6 Å². The predicted molar refractivity (Wildman–Crippen MR) is 153 cm³/mol. The molecule has 3 fully saturated rings. The van der Waals surface area contributed by atoms with Gasteiger partial charge in [-0.05, 0) is 85.7 Å². The van der Waals surface area contributed by atoms with Crippen molar-refractivity contribution in [2.24, 2.45) is 0 Å². The van der Waals surface area contributed by atoms with E-state index in [4.69, 9.17) is 9.47 Å². The van der Waals surface area contributed by atoms with E-state index in [1.54, 1.807) is 20.3 Å². The molecule has 2 aromatic carbocycles. The van der Waals surface area contributed by atoms with E-state index in [9.17, 15) is 9.59 Å². The fraction of sp³-hybridized carbons (Fsp3) is 0.355. The maximum Gasteiger partial charge on any atom is 0.273 e. The van der Waals surface area contributed by atoms with Gasteiger partial charge < -0.3 is 25.0 Å². The van der Waals surface area contributed by atoms with Crippen LogP contribution in [0.2, 0.25) is 0 Å². The van der Waals surface area contributed by atoms with Crippen LogP contribution in [0.5, 0.6) is 11.6 Å². The monoisotopic (exact) mass is 550 g/mol. The lowest BCUT2D eigenvalue weighted by molar-refractivity contribution is -0.118. The second kappa shape index (κ2) is 8.70. The Morgan fingerprint density at radius 2 is 1.83 bits per heavy atom. The maximum atomic E-state index is 13.2. The molecule has 10 nitrogen and oxygen atoms in total. The van der Waals surface area contributed by atoms with Crippen LogP contribution in [-0.4, -0.2) is 58.2 Å². The molecule has 1 spiro atoms. The van der Waals surface area contributed by atoms with Crippen LogP contribution in [0.15, 0.2) is 48.5 Å². The lowest BCUT2D eigenvalue weighted by Crippen LogP contribution is -2.35. The van der Waals surface area contributed by atoms with Crippen LogP contribution in [0.3, 0.4) is 0 Å². The summed E-state index contributed by atoms with van der Waals surface area (Å²) in [6.45, 7) is 0. The third-order valence-electron chi connectivity index (χ3n) is 8.95. The number of pyridine rings is 1. The number of amides is 2. The average molecular weight is 551 g/mol. The number of nitrogens with one attached hydrogen (secondary N) is 3. The first-order chi connectivity index (χ1) is 20.0. The number of carbonyl (C=O) groups excluding carboxylic acids is 2. The van der Waals surface area contributed by atoms with E-state index in [1.807, 2.05) is 35.2 Å². The maximum absolute atomic E-state index is 13.2. The zero-order valence-corrected chi connectivity index (χ0v) is 22.9. The van der Waals surface area contributed by atoms with E-state index in [0.29, 0.717) is 35.2 Å². The lowest BCUT2D eigenvalue weighted by Gasteiger charge is -2.22. The fourth-order valence-electron chi connectivity index (χ4n) is 6.45. The SMILES string of the molecule is COc1ccc2c(c1)[C@]1(C[C@H]1c1ccc3c(Nc4ccc(C(=O)N(C5CC5)C5CC5)nc4OC)n[nH]c3c1)C(=O)N2. The van der Waals surface area contributed by atoms with Gasteiger partial charge in [-0.1, -0.05) is 6.07 Å². The van der Waals surface area contributed by atoms with Crippen LogP contribution in [0.4, 0.5) is 17.2 Å². The second-order valence-electron chi connectivity index (χ2n) is 11.5. The summed E-state index contributed by atoms with van der Waals surface area (Å²) in [6, 6.07) is 16.2. The van der Waals surface area contributed by atoms with Crippen LogP contribution in [-0.2, 0) is 10.2 Å². The number of anilines is 3. The van der Waals surface area contributed by atoms with Gasteiger partial charge in [-0.2, -0.15) is 5.10 Å². The topological polar surface area (TPSA) is 121 Å². The Labute approximate surface area is 236 Å². The van der Waals surface area contributed by atoms with Crippen molar-refractivity contribution >= 4 is 39.9 Å². The zero-order valence-electron chi connectivity index (χ0n) is 22.9. The largest absolute Gasteiger partial charge is 0.497 e. The molecular formula is C31H30N6O4. The van der Waals surface area contributed by atoms with Crippen LogP contribution in [0, 0.1) is 0 Å². The Balaban J connectivity index is 1.05. The van der Waals surface area contributed by atoms with Gasteiger partial charge in [-0.3, -0.25) is 14.7 Å². The molecule has 1 aliphatic heterocycles. The van der Waals surface area contributed by atoms with Crippen molar-refractivity contribution < 1.29 is 19.1 Å². The molecule has 208 valence electrons. The fourth-order valence-corrected chi connectivity index (χ4v) is 6.45. The van der Waals surface area contributed by atoms with E-state index in [1.165, 1.54) is 0 Å². The van der Waals surface area contributed by atoms with Gasteiger partial charge in [-0.15, -0.1) is 0 Å². The average Bonchev–Trinajstić information content (AvgIpc) is 3.89. The number of aromatic nitrogens is 3. The summed E-state index contributed by atoms with van der Waals surface area (Å²) in [7, 11) is 3.19. The zero-order chi connectivity index (χ0) is 27.9. The molecule has 3 heterocycles. The minimum Gasteiger partial charge on any atom is -0.497 e. The Hall–Kier alpha value is -4.60. The van der Waals surface area contributed by atoms with Crippen molar-refractivity contribution in [1.29, 1.82) is 0 Å². The molecule has 8 rings (SSSR count). The minimum atomic E-state index is -0.564. The Kier molecular flexibility index (Phi) is 5.14. The molecular weight excluding hydrogens is 520 g/mol. The molecule has 3 saturated carbocycles. The number of aromatic amines is 1. The highest BCUT2D eigenvalue weighted by atomic mass is 16.5. The molecule has 0 bridgehead atoms. The summed E-state index contributed by atoms with van der Waals surface area (Å²) in [5.41, 5.74) is 4.26. The van der Waals surface area contributed by atoms with Gasteiger partial charge in [-0.25, -0.2) is 4.98 Å². The quantitative estimate of drug-likeness (QED) is 0.286. The highest BCUT2D eigenvalue weighted by Gasteiger charge is 2.65. The molecule has 0 radical (unpaired) electrons. The summed E-state index contributed by atoms with van der Waals surface area (Å²) in [5.74, 6) is 1.80. The van der Waals surface area contributed by atoms with Gasteiger partial charge in [0.1, 0.15) is 17.1 Å². The third-order valence-corrected chi connectivity index (χ3v) is 8.95. The van der Waals surface area contributed by atoms with Gasteiger partial charge in [0, 0.05) is 29.1 Å². The van der Waals surface area contributed by atoms with Crippen LogP contribution < -0.4 is 20.1 Å². The molecule has 41 heavy (non-hydrogen) atoms. The highest BCUT2D eigenvalue weighted by Crippen LogP contribution is 2.65. The molecule has 2 aromatic heterocycles. The molecule has 0 unspecified atom stereocenters. The number of fused-ring (bicyclic) bond motifs is 3. The molecule has 10 heteroatoms. The molecule has 3 N–H and O–H groups in total. The van der Waals surface area contributed by atoms with Crippen LogP contribution in [0.1, 0.15) is 59.6 Å². The molecule has 3 aliphatic carbocycles. The Bertz CT molecular complexity index is 1730. The second-order valence-corrected chi connectivity index (χ2v) is 11.5.